The quantitative estimate of drug-likeness (QED) is 0.124. The summed E-state index contributed by atoms with van der Waals surface area (Å²) in [5.74, 6) is -4.25. The van der Waals surface area contributed by atoms with E-state index in [0.717, 1.165) is 0 Å². The summed E-state index contributed by atoms with van der Waals surface area (Å²) < 4.78 is 19.8. The third-order valence-electron chi connectivity index (χ3n) is 4.39. The van der Waals surface area contributed by atoms with Gasteiger partial charge in [0.25, 0.3) is 11.8 Å². The first-order valence-electron chi connectivity index (χ1n) is 11.5. The maximum absolute atomic E-state index is 12.5. The summed E-state index contributed by atoms with van der Waals surface area (Å²) in [5.41, 5.74) is 0.173. The first-order valence-corrected chi connectivity index (χ1v) is 11.5. The van der Waals surface area contributed by atoms with Crippen LogP contribution in [0.5, 0.6) is 0 Å². The SMILES string of the molecule is C=C(C)C(=O)OC(CCCCC(OC(=O)C(=C)C)C(=O)NCC(=O)OCC)C(=O)NCC(=O)OCC. The van der Waals surface area contributed by atoms with Crippen molar-refractivity contribution in [2.45, 2.75) is 65.6 Å². The Morgan fingerprint density at radius 2 is 1.00 bits per heavy atom. The van der Waals surface area contributed by atoms with Gasteiger partial charge >= 0.3 is 23.9 Å². The van der Waals surface area contributed by atoms with Crippen molar-refractivity contribution in [3.8, 4) is 0 Å². The van der Waals surface area contributed by atoms with E-state index in [2.05, 4.69) is 23.8 Å². The zero-order valence-corrected chi connectivity index (χ0v) is 21.3. The number of amides is 2. The number of unbranched alkanes of at least 4 members (excludes halogenated alkanes) is 1. The van der Waals surface area contributed by atoms with Crippen molar-refractivity contribution < 1.29 is 47.7 Å². The molecule has 12 nitrogen and oxygen atoms in total. The van der Waals surface area contributed by atoms with Crippen LogP contribution in [0.15, 0.2) is 24.3 Å². The van der Waals surface area contributed by atoms with Gasteiger partial charge < -0.3 is 29.6 Å². The molecular weight excluding hydrogens is 476 g/mol. The van der Waals surface area contributed by atoms with Crippen molar-refractivity contribution >= 4 is 35.7 Å². The summed E-state index contributed by atoms with van der Waals surface area (Å²) in [4.78, 5) is 71.8. The Morgan fingerprint density at radius 1 is 0.667 bits per heavy atom. The van der Waals surface area contributed by atoms with Crippen LogP contribution in [0.3, 0.4) is 0 Å². The number of nitrogens with one attached hydrogen (secondary N) is 2. The summed E-state index contributed by atoms with van der Waals surface area (Å²) in [5, 5.41) is 4.70. The molecule has 2 amide bonds. The third kappa shape index (κ3) is 13.9. The van der Waals surface area contributed by atoms with Crippen molar-refractivity contribution in [1.82, 2.24) is 10.6 Å². The van der Waals surface area contributed by atoms with Gasteiger partial charge in [0, 0.05) is 11.1 Å². The van der Waals surface area contributed by atoms with E-state index in [1.54, 1.807) is 13.8 Å². The lowest BCUT2D eigenvalue weighted by Crippen LogP contribution is -2.41. The number of carbonyl (C=O) groups is 6. The average Bonchev–Trinajstić information content (AvgIpc) is 2.81. The number of hydrogen-bond acceptors (Lipinski definition) is 10. The van der Waals surface area contributed by atoms with Gasteiger partial charge in [-0.1, -0.05) is 13.2 Å². The number of rotatable bonds is 17. The topological polar surface area (TPSA) is 163 Å². The molecule has 2 N–H and O–H groups in total. The van der Waals surface area contributed by atoms with Crippen LogP contribution < -0.4 is 10.6 Å². The standard InChI is InChI=1S/C24H36N2O10/c1-7-33-19(27)13-25-21(29)17(35-23(31)15(3)4)11-9-10-12-18(36-24(32)16(5)6)22(30)26-14-20(28)34-8-2/h17-18H,3,5,7-14H2,1-2,4,6H3,(H,25,29)(H,26,30). The van der Waals surface area contributed by atoms with Crippen LogP contribution in [0.4, 0.5) is 0 Å². The van der Waals surface area contributed by atoms with E-state index in [9.17, 15) is 28.8 Å². The van der Waals surface area contributed by atoms with Gasteiger partial charge in [0.2, 0.25) is 0 Å². The van der Waals surface area contributed by atoms with Gasteiger partial charge in [0.1, 0.15) is 13.1 Å². The molecule has 0 aromatic carbocycles. The van der Waals surface area contributed by atoms with Gasteiger partial charge in [-0.2, -0.15) is 0 Å². The van der Waals surface area contributed by atoms with Crippen LogP contribution in [0, 0.1) is 0 Å². The zero-order valence-electron chi connectivity index (χ0n) is 21.3. The molecule has 0 aliphatic carbocycles. The Hall–Kier alpha value is -3.70. The van der Waals surface area contributed by atoms with Crippen LogP contribution >= 0.6 is 0 Å². The predicted molar refractivity (Wildman–Crippen MR) is 127 cm³/mol. The molecule has 0 aliphatic heterocycles. The van der Waals surface area contributed by atoms with E-state index >= 15 is 0 Å². The average molecular weight is 513 g/mol. The maximum Gasteiger partial charge on any atom is 0.333 e. The monoisotopic (exact) mass is 512 g/mol. The van der Waals surface area contributed by atoms with Crippen LogP contribution in [-0.4, -0.2) is 74.2 Å². The summed E-state index contributed by atoms with van der Waals surface area (Å²) in [7, 11) is 0. The molecule has 0 saturated carbocycles. The van der Waals surface area contributed by atoms with Crippen molar-refractivity contribution in [3.05, 3.63) is 24.3 Å². The van der Waals surface area contributed by atoms with Gasteiger partial charge in [0.15, 0.2) is 12.2 Å². The highest BCUT2D eigenvalue weighted by Crippen LogP contribution is 2.14. The summed E-state index contributed by atoms with van der Waals surface area (Å²) in [6.07, 6.45) is -1.77. The number of hydrogen-bond donors (Lipinski definition) is 2. The molecule has 0 heterocycles. The minimum absolute atomic E-state index is 0.0548. The third-order valence-corrected chi connectivity index (χ3v) is 4.39. The first kappa shape index (κ1) is 32.3. The van der Waals surface area contributed by atoms with E-state index in [1.165, 1.54) is 13.8 Å². The van der Waals surface area contributed by atoms with Gasteiger partial charge in [-0.05, 0) is 53.4 Å². The van der Waals surface area contributed by atoms with Gasteiger partial charge in [-0.15, -0.1) is 0 Å². The Morgan fingerprint density at radius 3 is 1.28 bits per heavy atom. The molecule has 202 valence electrons. The highest BCUT2D eigenvalue weighted by Gasteiger charge is 2.26. The zero-order chi connectivity index (χ0) is 27.7. The van der Waals surface area contributed by atoms with Gasteiger partial charge in [-0.25, -0.2) is 9.59 Å². The number of ether oxygens (including phenoxy) is 4. The minimum atomic E-state index is -1.22. The Balaban J connectivity index is 5.09. The van der Waals surface area contributed by atoms with Crippen LogP contribution in [0.2, 0.25) is 0 Å². The van der Waals surface area contributed by atoms with Crippen LogP contribution in [-0.2, 0) is 47.7 Å². The molecule has 0 rings (SSSR count). The van der Waals surface area contributed by atoms with Crippen molar-refractivity contribution in [2.24, 2.45) is 0 Å². The van der Waals surface area contributed by atoms with E-state index < -0.39 is 61.0 Å². The molecule has 0 aromatic heterocycles. The molecule has 12 heteroatoms. The lowest BCUT2D eigenvalue weighted by molar-refractivity contribution is -0.154. The van der Waals surface area contributed by atoms with Crippen molar-refractivity contribution in [3.63, 3.8) is 0 Å². The first-order chi connectivity index (χ1) is 16.9. The predicted octanol–water partition coefficient (Wildman–Crippen LogP) is 0.881. The molecular formula is C24H36N2O10. The molecule has 36 heavy (non-hydrogen) atoms. The van der Waals surface area contributed by atoms with Crippen LogP contribution in [0.25, 0.3) is 0 Å². The van der Waals surface area contributed by atoms with Crippen LogP contribution in [0.1, 0.15) is 53.4 Å². The Labute approximate surface area is 210 Å². The molecule has 0 bridgehead atoms. The van der Waals surface area contributed by atoms with E-state index in [-0.39, 0.29) is 50.0 Å². The number of carbonyl (C=O) groups excluding carboxylic acids is 6. The second kappa shape index (κ2) is 17.7. The minimum Gasteiger partial charge on any atom is -0.465 e. The van der Waals surface area contributed by atoms with E-state index in [4.69, 9.17) is 18.9 Å². The second-order valence-electron chi connectivity index (χ2n) is 7.68. The van der Waals surface area contributed by atoms with Gasteiger partial charge in [0.05, 0.1) is 13.2 Å². The molecule has 0 aliphatic rings. The van der Waals surface area contributed by atoms with Crippen molar-refractivity contribution in [1.29, 1.82) is 0 Å². The molecule has 0 radical (unpaired) electrons. The normalized spacial score (nSPS) is 11.8. The van der Waals surface area contributed by atoms with E-state index in [0.29, 0.717) is 0 Å². The fourth-order valence-electron chi connectivity index (χ4n) is 2.58. The Bertz CT molecular complexity index is 769. The lowest BCUT2D eigenvalue weighted by Gasteiger charge is -2.19. The molecule has 0 spiro atoms. The Kier molecular flexibility index (Phi) is 15.9. The molecule has 0 aromatic rings. The summed E-state index contributed by atoms with van der Waals surface area (Å²) in [6.45, 7) is 12.5. The maximum atomic E-state index is 12.5. The molecule has 0 saturated heterocycles. The lowest BCUT2D eigenvalue weighted by atomic mass is 10.1. The number of esters is 4. The van der Waals surface area contributed by atoms with E-state index in [1.807, 2.05) is 0 Å². The molecule has 0 fully saturated rings. The van der Waals surface area contributed by atoms with Crippen molar-refractivity contribution in [2.75, 3.05) is 26.3 Å². The highest BCUT2D eigenvalue weighted by molar-refractivity contribution is 5.92. The molecule has 2 unspecified atom stereocenters. The second-order valence-corrected chi connectivity index (χ2v) is 7.68. The molecule has 2 atom stereocenters. The van der Waals surface area contributed by atoms with Gasteiger partial charge in [-0.3, -0.25) is 19.2 Å². The fraction of sp³-hybridized carbons (Fsp3) is 0.583. The highest BCUT2D eigenvalue weighted by atomic mass is 16.6. The summed E-state index contributed by atoms with van der Waals surface area (Å²) >= 11 is 0. The summed E-state index contributed by atoms with van der Waals surface area (Å²) in [6, 6.07) is 0. The largest absolute Gasteiger partial charge is 0.465 e. The smallest absolute Gasteiger partial charge is 0.333 e. The fourth-order valence-corrected chi connectivity index (χ4v) is 2.58.